The molecular weight excluding hydrogens is 482 g/mol. The van der Waals surface area contributed by atoms with Crippen molar-refractivity contribution in [3.8, 4) is 11.5 Å². The van der Waals surface area contributed by atoms with Crippen molar-refractivity contribution in [2.45, 2.75) is 43.4 Å². The average Bonchev–Trinajstić information content (AvgIpc) is 3.24. The number of carbonyl (C=O) groups excluding carboxylic acids is 1. The third-order valence-corrected chi connectivity index (χ3v) is 7.00. The highest BCUT2D eigenvalue weighted by Crippen LogP contribution is 2.48. The second-order valence-electron chi connectivity index (χ2n) is 8.45. The fraction of sp³-hybridized carbons (Fsp3) is 0.391. The standard InChI is InChI=1S/C23H21BrF2N4O2/c24-17-5-3-16(4-6-17)22(8-1-9-22)21-28-19(32-29-21)15-2-7-18(27-14-15)20(31)30-12-10-23(25,26)11-13-30/h2-7,14H,1,8-13H2. The predicted molar refractivity (Wildman–Crippen MR) is 116 cm³/mol. The van der Waals surface area contributed by atoms with Crippen LogP contribution in [0.15, 0.2) is 51.6 Å². The maximum atomic E-state index is 13.3. The number of amides is 1. The number of benzene rings is 1. The number of likely N-dealkylation sites (tertiary alicyclic amines) is 1. The summed E-state index contributed by atoms with van der Waals surface area (Å²) in [7, 11) is 0. The van der Waals surface area contributed by atoms with E-state index in [1.165, 1.54) is 11.1 Å². The maximum absolute atomic E-state index is 13.3. The number of hydrogen-bond donors (Lipinski definition) is 0. The summed E-state index contributed by atoms with van der Waals surface area (Å²) in [6.45, 7) is 0.0564. The van der Waals surface area contributed by atoms with E-state index in [0.717, 1.165) is 29.3 Å². The highest BCUT2D eigenvalue weighted by atomic mass is 79.9. The van der Waals surface area contributed by atoms with Gasteiger partial charge in [0.2, 0.25) is 0 Å². The number of halogens is 3. The van der Waals surface area contributed by atoms with Gasteiger partial charge in [0.1, 0.15) is 5.69 Å². The van der Waals surface area contributed by atoms with Crippen LogP contribution in [0.25, 0.3) is 11.5 Å². The molecule has 0 bridgehead atoms. The molecule has 1 amide bonds. The molecule has 2 fully saturated rings. The van der Waals surface area contributed by atoms with Crippen LogP contribution in [0.4, 0.5) is 8.78 Å². The van der Waals surface area contributed by atoms with Gasteiger partial charge >= 0.3 is 0 Å². The number of carbonyl (C=O) groups is 1. The first-order chi connectivity index (χ1) is 15.4. The zero-order chi connectivity index (χ0) is 22.3. The molecule has 3 heterocycles. The molecule has 0 N–H and O–H groups in total. The number of aromatic nitrogens is 3. The van der Waals surface area contributed by atoms with Gasteiger partial charge in [0.15, 0.2) is 5.82 Å². The second kappa shape index (κ2) is 8.03. The van der Waals surface area contributed by atoms with Crippen molar-refractivity contribution >= 4 is 21.8 Å². The molecule has 2 aliphatic rings. The number of rotatable bonds is 4. The fourth-order valence-electron chi connectivity index (χ4n) is 4.32. The normalized spacial score (nSPS) is 19.4. The van der Waals surface area contributed by atoms with E-state index in [-0.39, 0.29) is 42.9 Å². The molecule has 6 nitrogen and oxygen atoms in total. The Morgan fingerprint density at radius 3 is 2.34 bits per heavy atom. The van der Waals surface area contributed by atoms with Crippen LogP contribution >= 0.6 is 15.9 Å². The summed E-state index contributed by atoms with van der Waals surface area (Å²) in [5, 5.41) is 4.26. The van der Waals surface area contributed by atoms with Gasteiger partial charge in [-0.1, -0.05) is 39.6 Å². The van der Waals surface area contributed by atoms with Crippen LogP contribution in [0.5, 0.6) is 0 Å². The molecule has 5 rings (SSSR count). The smallest absolute Gasteiger partial charge is 0.272 e. The number of alkyl halides is 2. The Labute approximate surface area is 192 Å². The summed E-state index contributed by atoms with van der Waals surface area (Å²) < 4.78 is 33.2. The largest absolute Gasteiger partial charge is 0.337 e. The number of pyridine rings is 1. The van der Waals surface area contributed by atoms with E-state index in [1.54, 1.807) is 12.1 Å². The number of piperidine rings is 1. The van der Waals surface area contributed by atoms with E-state index in [4.69, 9.17) is 4.52 Å². The Bertz CT molecular complexity index is 1120. The molecule has 1 saturated carbocycles. The Morgan fingerprint density at radius 2 is 1.75 bits per heavy atom. The van der Waals surface area contributed by atoms with Gasteiger partial charge in [-0.15, -0.1) is 0 Å². The molecule has 1 saturated heterocycles. The van der Waals surface area contributed by atoms with Crippen LogP contribution in [0.2, 0.25) is 0 Å². The summed E-state index contributed by atoms with van der Waals surface area (Å²) in [6.07, 6.45) is 3.88. The van der Waals surface area contributed by atoms with E-state index >= 15 is 0 Å². The van der Waals surface area contributed by atoms with Crippen molar-refractivity contribution < 1.29 is 18.1 Å². The van der Waals surface area contributed by atoms with Crippen LogP contribution in [0.3, 0.4) is 0 Å². The zero-order valence-electron chi connectivity index (χ0n) is 17.2. The van der Waals surface area contributed by atoms with Crippen LogP contribution < -0.4 is 0 Å². The molecule has 1 aromatic carbocycles. The van der Waals surface area contributed by atoms with Crippen LogP contribution in [-0.2, 0) is 5.41 Å². The van der Waals surface area contributed by atoms with E-state index in [0.29, 0.717) is 17.3 Å². The molecule has 0 atom stereocenters. The lowest BCUT2D eigenvalue weighted by Crippen LogP contribution is -2.42. The number of hydrogen-bond acceptors (Lipinski definition) is 5. The Kier molecular flexibility index (Phi) is 5.31. The molecule has 0 spiro atoms. The Balaban J connectivity index is 1.33. The highest BCUT2D eigenvalue weighted by Gasteiger charge is 2.44. The summed E-state index contributed by atoms with van der Waals surface area (Å²) in [5.74, 6) is -2.05. The molecule has 1 aliphatic carbocycles. The lowest BCUT2D eigenvalue weighted by atomic mass is 9.64. The third kappa shape index (κ3) is 3.83. The van der Waals surface area contributed by atoms with Crippen molar-refractivity contribution in [1.29, 1.82) is 0 Å². The van der Waals surface area contributed by atoms with Crippen molar-refractivity contribution in [2.75, 3.05) is 13.1 Å². The maximum Gasteiger partial charge on any atom is 0.272 e. The molecule has 9 heteroatoms. The van der Waals surface area contributed by atoms with Gasteiger partial charge in [-0.3, -0.25) is 9.78 Å². The fourth-order valence-corrected chi connectivity index (χ4v) is 4.59. The van der Waals surface area contributed by atoms with Gasteiger partial charge in [-0.05, 0) is 42.7 Å². The summed E-state index contributed by atoms with van der Waals surface area (Å²) in [5.41, 5.74) is 1.73. The van der Waals surface area contributed by atoms with E-state index in [2.05, 4.69) is 43.2 Å². The lowest BCUT2D eigenvalue weighted by molar-refractivity contribution is -0.0495. The van der Waals surface area contributed by atoms with Gasteiger partial charge in [0, 0.05) is 36.6 Å². The van der Waals surface area contributed by atoms with Crippen molar-refractivity contribution in [3.05, 3.63) is 64.1 Å². The van der Waals surface area contributed by atoms with Gasteiger partial charge in [0.25, 0.3) is 17.7 Å². The first-order valence-electron chi connectivity index (χ1n) is 10.6. The van der Waals surface area contributed by atoms with Crippen molar-refractivity contribution in [1.82, 2.24) is 20.0 Å². The van der Waals surface area contributed by atoms with Crippen LogP contribution in [0, 0.1) is 0 Å². The minimum Gasteiger partial charge on any atom is -0.337 e. The molecule has 3 aromatic rings. The Hall–Kier alpha value is -2.68. The molecule has 166 valence electrons. The van der Waals surface area contributed by atoms with Crippen LogP contribution in [-0.4, -0.2) is 44.9 Å². The van der Waals surface area contributed by atoms with Crippen molar-refractivity contribution in [3.63, 3.8) is 0 Å². The van der Waals surface area contributed by atoms with E-state index < -0.39 is 5.92 Å². The average molecular weight is 503 g/mol. The molecule has 32 heavy (non-hydrogen) atoms. The van der Waals surface area contributed by atoms with Crippen LogP contribution in [0.1, 0.15) is 54.0 Å². The molecule has 2 aromatic heterocycles. The van der Waals surface area contributed by atoms with Gasteiger partial charge in [-0.25, -0.2) is 8.78 Å². The zero-order valence-corrected chi connectivity index (χ0v) is 18.8. The third-order valence-electron chi connectivity index (χ3n) is 6.47. The second-order valence-corrected chi connectivity index (χ2v) is 9.36. The lowest BCUT2D eigenvalue weighted by Gasteiger charge is -2.39. The molecule has 0 unspecified atom stereocenters. The summed E-state index contributed by atoms with van der Waals surface area (Å²) in [6, 6.07) is 11.5. The highest BCUT2D eigenvalue weighted by molar-refractivity contribution is 9.10. The SMILES string of the molecule is O=C(c1ccc(-c2nc(C3(c4ccc(Br)cc4)CCC3)no2)cn1)N1CCC(F)(F)CC1. The first-order valence-corrected chi connectivity index (χ1v) is 11.4. The van der Waals surface area contributed by atoms with Gasteiger partial charge in [-0.2, -0.15) is 4.98 Å². The van der Waals surface area contributed by atoms with E-state index in [9.17, 15) is 13.6 Å². The quantitative estimate of drug-likeness (QED) is 0.488. The minimum absolute atomic E-state index is 0.0282. The predicted octanol–water partition coefficient (Wildman–Crippen LogP) is 5.24. The topological polar surface area (TPSA) is 72.1 Å². The summed E-state index contributed by atoms with van der Waals surface area (Å²) >= 11 is 3.47. The number of nitrogens with zero attached hydrogens (tertiary/aromatic N) is 4. The summed E-state index contributed by atoms with van der Waals surface area (Å²) in [4.78, 5) is 22.9. The monoisotopic (exact) mass is 502 g/mol. The molecule has 1 aliphatic heterocycles. The Morgan fingerprint density at radius 1 is 1.03 bits per heavy atom. The van der Waals surface area contributed by atoms with E-state index in [1.807, 2.05) is 12.1 Å². The molecule has 0 radical (unpaired) electrons. The minimum atomic E-state index is -2.70. The van der Waals surface area contributed by atoms with Gasteiger partial charge < -0.3 is 9.42 Å². The van der Waals surface area contributed by atoms with Gasteiger partial charge in [0.05, 0.1) is 11.0 Å². The molecular formula is C23H21BrF2N4O2. The van der Waals surface area contributed by atoms with Crippen molar-refractivity contribution in [2.24, 2.45) is 0 Å². The first kappa shape index (κ1) is 21.2.